The van der Waals surface area contributed by atoms with Crippen molar-refractivity contribution in [1.82, 2.24) is 15.5 Å². The van der Waals surface area contributed by atoms with Gasteiger partial charge in [-0.2, -0.15) is 0 Å². The Kier molecular flexibility index (Phi) is 14.1. The van der Waals surface area contributed by atoms with E-state index in [-0.39, 0.29) is 31.2 Å². The molecule has 1 aliphatic carbocycles. The average molecular weight is 462 g/mol. The number of carbonyl (C=O) groups is 3. The molecule has 186 valence electrons. The second kappa shape index (κ2) is 16.2. The lowest BCUT2D eigenvalue weighted by atomic mass is 9.79. The van der Waals surface area contributed by atoms with Gasteiger partial charge in [0.25, 0.3) is 0 Å². The van der Waals surface area contributed by atoms with Crippen molar-refractivity contribution in [3.05, 3.63) is 35.9 Å². The maximum Gasteiger partial charge on any atom is 0.303 e. The first-order chi connectivity index (χ1) is 15.8. The van der Waals surface area contributed by atoms with Gasteiger partial charge in [0.1, 0.15) is 0 Å². The third-order valence-corrected chi connectivity index (χ3v) is 6.23. The van der Waals surface area contributed by atoms with Crippen LogP contribution in [-0.4, -0.2) is 60.5 Å². The zero-order chi connectivity index (χ0) is 24.5. The largest absolute Gasteiger partial charge is 0.481 e. The predicted molar refractivity (Wildman–Crippen MR) is 132 cm³/mol. The van der Waals surface area contributed by atoms with Gasteiger partial charge in [0.15, 0.2) is 0 Å². The lowest BCUT2D eigenvalue weighted by molar-refractivity contribution is -0.140. The van der Waals surface area contributed by atoms with Gasteiger partial charge in [-0.1, -0.05) is 62.6 Å². The maximum atomic E-state index is 12.1. The minimum atomic E-state index is -0.859. The van der Waals surface area contributed by atoms with E-state index in [1.807, 2.05) is 18.2 Å². The molecule has 7 nitrogen and oxygen atoms in total. The first-order valence-corrected chi connectivity index (χ1v) is 12.3. The summed E-state index contributed by atoms with van der Waals surface area (Å²) in [5.41, 5.74) is 0.888. The Morgan fingerprint density at radius 2 is 1.58 bits per heavy atom. The molecule has 1 saturated carbocycles. The van der Waals surface area contributed by atoms with Crippen molar-refractivity contribution in [1.29, 1.82) is 0 Å². The summed E-state index contributed by atoms with van der Waals surface area (Å²) in [6, 6.07) is 10.3. The Morgan fingerprint density at radius 3 is 2.09 bits per heavy atom. The van der Waals surface area contributed by atoms with Gasteiger partial charge in [-0.15, -0.1) is 0 Å². The number of carboxylic acid groups (broad SMARTS) is 1. The maximum absolute atomic E-state index is 12.1. The first kappa shape index (κ1) is 28.6. The highest BCUT2D eigenvalue weighted by atomic mass is 16.4. The average Bonchev–Trinajstić information content (AvgIpc) is 3.22. The molecule has 0 unspecified atom stereocenters. The molecule has 1 aromatic carbocycles. The molecule has 1 aliphatic rings. The normalized spacial score (nSPS) is 14.3. The summed E-state index contributed by atoms with van der Waals surface area (Å²) in [4.78, 5) is 37.3. The summed E-state index contributed by atoms with van der Waals surface area (Å²) < 4.78 is 0. The Hall–Kier alpha value is -2.41. The highest BCUT2D eigenvalue weighted by Gasteiger charge is 2.37. The lowest BCUT2D eigenvalue weighted by Crippen LogP contribution is -2.39. The summed E-state index contributed by atoms with van der Waals surface area (Å²) >= 11 is 0. The van der Waals surface area contributed by atoms with E-state index in [2.05, 4.69) is 48.4 Å². The van der Waals surface area contributed by atoms with E-state index in [9.17, 15) is 14.4 Å². The molecular formula is C26H43N3O4. The number of hydrogen-bond donors (Lipinski definition) is 3. The molecule has 0 aliphatic heterocycles. The molecule has 0 radical (unpaired) electrons. The predicted octanol–water partition coefficient (Wildman–Crippen LogP) is 3.76. The molecular weight excluding hydrogens is 418 g/mol. The van der Waals surface area contributed by atoms with Crippen molar-refractivity contribution >= 4 is 17.8 Å². The molecule has 0 heterocycles. The number of nitrogens with one attached hydrogen (secondary N) is 2. The SMILES string of the molecule is CCN(CC)CCCCNC(=O)CNC(=O)CC1(CC(=O)O)CCCC1.Cc1ccccc1. The fourth-order valence-electron chi connectivity index (χ4n) is 4.27. The Labute approximate surface area is 199 Å². The number of aliphatic carboxylic acids is 1. The van der Waals surface area contributed by atoms with Crippen molar-refractivity contribution in [3.63, 3.8) is 0 Å². The third kappa shape index (κ3) is 13.0. The molecule has 1 aromatic rings. The van der Waals surface area contributed by atoms with E-state index in [0.717, 1.165) is 58.2 Å². The van der Waals surface area contributed by atoms with Crippen LogP contribution in [0, 0.1) is 12.3 Å². The van der Waals surface area contributed by atoms with Crippen molar-refractivity contribution in [3.8, 4) is 0 Å². The number of benzene rings is 1. The molecule has 0 atom stereocenters. The monoisotopic (exact) mass is 461 g/mol. The van der Waals surface area contributed by atoms with Crippen LogP contribution in [0.3, 0.4) is 0 Å². The zero-order valence-corrected chi connectivity index (χ0v) is 20.7. The van der Waals surface area contributed by atoms with Crippen LogP contribution in [0.1, 0.15) is 70.8 Å². The van der Waals surface area contributed by atoms with Crippen molar-refractivity contribution in [2.75, 3.05) is 32.7 Å². The number of carbonyl (C=O) groups excluding carboxylic acids is 2. The van der Waals surface area contributed by atoms with Crippen LogP contribution in [-0.2, 0) is 14.4 Å². The third-order valence-electron chi connectivity index (χ3n) is 6.23. The zero-order valence-electron chi connectivity index (χ0n) is 20.7. The van der Waals surface area contributed by atoms with E-state index in [1.54, 1.807) is 0 Å². The summed E-state index contributed by atoms with van der Waals surface area (Å²) in [7, 11) is 0. The smallest absolute Gasteiger partial charge is 0.303 e. The number of amides is 2. The van der Waals surface area contributed by atoms with Crippen LogP contribution in [0.25, 0.3) is 0 Å². The number of nitrogens with zero attached hydrogens (tertiary/aromatic N) is 1. The van der Waals surface area contributed by atoms with E-state index < -0.39 is 11.4 Å². The Morgan fingerprint density at radius 1 is 0.939 bits per heavy atom. The highest BCUT2D eigenvalue weighted by molar-refractivity contribution is 5.85. The molecule has 0 aromatic heterocycles. The van der Waals surface area contributed by atoms with Gasteiger partial charge < -0.3 is 20.6 Å². The van der Waals surface area contributed by atoms with Gasteiger partial charge in [-0.05, 0) is 57.7 Å². The van der Waals surface area contributed by atoms with Gasteiger partial charge in [-0.25, -0.2) is 0 Å². The van der Waals surface area contributed by atoms with Crippen LogP contribution in [0.4, 0.5) is 0 Å². The molecule has 1 fully saturated rings. The van der Waals surface area contributed by atoms with Gasteiger partial charge >= 0.3 is 5.97 Å². The molecule has 0 bridgehead atoms. The minimum Gasteiger partial charge on any atom is -0.481 e. The summed E-state index contributed by atoms with van der Waals surface area (Å²) in [5, 5.41) is 14.5. The standard InChI is InChI=1S/C19H35N3O4.C7H8/c1-3-22(4-2)12-8-7-11-20-17(24)15-21-16(23)13-19(14-18(25)26)9-5-6-10-19;1-7-5-3-2-4-6-7/h3-15H2,1-2H3,(H,20,24)(H,21,23)(H,25,26);2-6H,1H3. The lowest BCUT2D eigenvalue weighted by Gasteiger charge is -2.26. The molecule has 0 saturated heterocycles. The molecule has 2 amide bonds. The van der Waals surface area contributed by atoms with Gasteiger partial charge in [-0.3, -0.25) is 14.4 Å². The van der Waals surface area contributed by atoms with Crippen LogP contribution in [0.5, 0.6) is 0 Å². The number of carboxylic acids is 1. The summed E-state index contributed by atoms with van der Waals surface area (Å²) in [6.07, 6.45) is 5.64. The van der Waals surface area contributed by atoms with Crippen LogP contribution in [0.2, 0.25) is 0 Å². The van der Waals surface area contributed by atoms with E-state index in [1.165, 1.54) is 5.56 Å². The summed E-state index contributed by atoms with van der Waals surface area (Å²) in [6.45, 7) is 10.0. The quantitative estimate of drug-likeness (QED) is 0.389. The Balaban J connectivity index is 0.000000657. The Bertz CT molecular complexity index is 699. The van der Waals surface area contributed by atoms with Crippen molar-refractivity contribution < 1.29 is 19.5 Å². The minimum absolute atomic E-state index is 0.0269. The second-order valence-corrected chi connectivity index (χ2v) is 8.97. The highest BCUT2D eigenvalue weighted by Crippen LogP contribution is 2.43. The molecule has 0 spiro atoms. The molecule has 33 heavy (non-hydrogen) atoms. The van der Waals surface area contributed by atoms with Gasteiger partial charge in [0, 0.05) is 13.0 Å². The number of unbranched alkanes of at least 4 members (excludes halogenated alkanes) is 1. The van der Waals surface area contributed by atoms with Crippen LogP contribution < -0.4 is 10.6 Å². The van der Waals surface area contributed by atoms with Crippen molar-refractivity contribution in [2.24, 2.45) is 5.41 Å². The fourth-order valence-corrected chi connectivity index (χ4v) is 4.27. The van der Waals surface area contributed by atoms with E-state index >= 15 is 0 Å². The van der Waals surface area contributed by atoms with Gasteiger partial charge in [0.2, 0.25) is 11.8 Å². The molecule has 7 heteroatoms. The van der Waals surface area contributed by atoms with Crippen LogP contribution >= 0.6 is 0 Å². The molecule has 2 rings (SSSR count). The first-order valence-electron chi connectivity index (χ1n) is 12.3. The van der Waals surface area contributed by atoms with E-state index in [0.29, 0.717) is 6.54 Å². The number of aryl methyl sites for hydroxylation is 1. The topological polar surface area (TPSA) is 98.7 Å². The number of hydrogen-bond acceptors (Lipinski definition) is 4. The van der Waals surface area contributed by atoms with Crippen molar-refractivity contribution in [2.45, 2.75) is 72.1 Å². The second-order valence-electron chi connectivity index (χ2n) is 8.97. The van der Waals surface area contributed by atoms with Gasteiger partial charge in [0.05, 0.1) is 13.0 Å². The molecule has 3 N–H and O–H groups in total. The summed E-state index contributed by atoms with van der Waals surface area (Å²) in [5.74, 6) is -1.29. The van der Waals surface area contributed by atoms with Crippen LogP contribution in [0.15, 0.2) is 30.3 Å². The number of rotatable bonds is 13. The fraction of sp³-hybridized carbons (Fsp3) is 0.654. The van der Waals surface area contributed by atoms with E-state index in [4.69, 9.17) is 5.11 Å².